The summed E-state index contributed by atoms with van der Waals surface area (Å²) in [6, 6.07) is 0. The van der Waals surface area contributed by atoms with Gasteiger partial charge in [-0.05, 0) is 19.3 Å². The first kappa shape index (κ1) is 7.26. The number of carbonyl (C=O) groups is 1. The molecule has 0 aromatic heterocycles. The third-order valence-electron chi connectivity index (χ3n) is 1.68. The van der Waals surface area contributed by atoms with Crippen LogP contribution in [0.5, 0.6) is 0 Å². The monoisotopic (exact) mass is 136 g/mol. The van der Waals surface area contributed by atoms with E-state index in [4.69, 9.17) is 0 Å². The van der Waals surface area contributed by atoms with Crippen LogP contribution in [-0.4, -0.2) is 6.29 Å². The van der Waals surface area contributed by atoms with Gasteiger partial charge >= 0.3 is 0 Å². The normalized spacial score (nSPS) is 26.4. The molecule has 1 aliphatic carbocycles. The number of hydrogen-bond acceptors (Lipinski definition) is 1. The maximum Gasteiger partial charge on any atom is 0.123 e. The Bertz CT molecular complexity index is 142. The van der Waals surface area contributed by atoms with Crippen molar-refractivity contribution in [1.29, 1.82) is 0 Å². The number of aldehydes is 1. The van der Waals surface area contributed by atoms with E-state index in [-0.39, 0.29) is 5.92 Å². The predicted molar refractivity (Wildman–Crippen MR) is 41.7 cm³/mol. The molecule has 1 aliphatic rings. The third kappa shape index (κ3) is 2.18. The van der Waals surface area contributed by atoms with E-state index in [9.17, 15) is 4.79 Å². The van der Waals surface area contributed by atoms with Gasteiger partial charge in [0.15, 0.2) is 0 Å². The van der Waals surface area contributed by atoms with Crippen LogP contribution in [0.2, 0.25) is 0 Å². The number of carbonyl (C=O) groups excluding carboxylic acids is 1. The van der Waals surface area contributed by atoms with E-state index in [0.717, 1.165) is 25.5 Å². The zero-order valence-electron chi connectivity index (χ0n) is 5.99. The Balaban J connectivity index is 2.47. The van der Waals surface area contributed by atoms with Crippen molar-refractivity contribution in [2.24, 2.45) is 5.92 Å². The molecule has 0 radical (unpaired) electrons. The van der Waals surface area contributed by atoms with Crippen LogP contribution < -0.4 is 0 Å². The first-order chi connectivity index (χ1) is 4.93. The molecule has 0 amide bonds. The maximum absolute atomic E-state index is 10.4. The summed E-state index contributed by atoms with van der Waals surface area (Å²) in [5.74, 6) is 0.216. The van der Waals surface area contributed by atoms with Crippen LogP contribution in [0.4, 0.5) is 0 Å². The van der Waals surface area contributed by atoms with Crippen LogP contribution in [0.15, 0.2) is 24.3 Å². The van der Waals surface area contributed by atoms with Gasteiger partial charge in [-0.15, -0.1) is 0 Å². The largest absolute Gasteiger partial charge is 0.303 e. The van der Waals surface area contributed by atoms with Gasteiger partial charge in [0, 0.05) is 5.92 Å². The first-order valence-electron chi connectivity index (χ1n) is 3.69. The van der Waals surface area contributed by atoms with Crippen LogP contribution in [0, 0.1) is 5.92 Å². The van der Waals surface area contributed by atoms with E-state index in [1.807, 2.05) is 0 Å². The van der Waals surface area contributed by atoms with Crippen molar-refractivity contribution in [1.82, 2.24) is 0 Å². The van der Waals surface area contributed by atoms with Crippen molar-refractivity contribution >= 4 is 6.29 Å². The lowest BCUT2D eigenvalue weighted by Crippen LogP contribution is -1.99. The summed E-state index contributed by atoms with van der Waals surface area (Å²) in [5, 5.41) is 0. The smallest absolute Gasteiger partial charge is 0.123 e. The van der Waals surface area contributed by atoms with Gasteiger partial charge in [-0.3, -0.25) is 0 Å². The molecule has 0 fully saturated rings. The van der Waals surface area contributed by atoms with Gasteiger partial charge in [0.25, 0.3) is 0 Å². The standard InChI is InChI=1S/C9H12O/c10-8-9-6-4-2-1-3-5-7-9/h2-5,8-9H,1,6-7H2/b4-2-,5-3-. The second-order valence-corrected chi connectivity index (χ2v) is 2.55. The van der Waals surface area contributed by atoms with Gasteiger partial charge in [0.2, 0.25) is 0 Å². The summed E-state index contributed by atoms with van der Waals surface area (Å²) in [5.41, 5.74) is 0. The molecule has 0 aliphatic heterocycles. The summed E-state index contributed by atoms with van der Waals surface area (Å²) in [6.45, 7) is 0. The molecule has 0 aromatic rings. The van der Waals surface area contributed by atoms with E-state index in [0.29, 0.717) is 0 Å². The van der Waals surface area contributed by atoms with Gasteiger partial charge in [-0.1, -0.05) is 24.3 Å². The highest BCUT2D eigenvalue weighted by Crippen LogP contribution is 2.10. The highest BCUT2D eigenvalue weighted by atomic mass is 16.1. The fourth-order valence-corrected chi connectivity index (χ4v) is 1.02. The second-order valence-electron chi connectivity index (χ2n) is 2.55. The first-order valence-corrected chi connectivity index (χ1v) is 3.69. The Hall–Kier alpha value is -0.850. The fraction of sp³-hybridized carbons (Fsp3) is 0.444. The lowest BCUT2D eigenvalue weighted by atomic mass is 10.0. The van der Waals surface area contributed by atoms with Crippen LogP contribution >= 0.6 is 0 Å². The van der Waals surface area contributed by atoms with Crippen LogP contribution in [0.3, 0.4) is 0 Å². The highest BCUT2D eigenvalue weighted by Gasteiger charge is 2.02. The summed E-state index contributed by atoms with van der Waals surface area (Å²) in [7, 11) is 0. The molecule has 0 spiro atoms. The lowest BCUT2D eigenvalue weighted by Gasteiger charge is -2.04. The van der Waals surface area contributed by atoms with Crippen LogP contribution in [0.1, 0.15) is 19.3 Å². The average molecular weight is 136 g/mol. The zero-order valence-corrected chi connectivity index (χ0v) is 5.99. The fourth-order valence-electron chi connectivity index (χ4n) is 1.02. The molecule has 54 valence electrons. The number of hydrogen-bond donors (Lipinski definition) is 0. The molecule has 0 saturated carbocycles. The minimum atomic E-state index is 0.216. The van der Waals surface area contributed by atoms with Gasteiger partial charge < -0.3 is 4.79 Å². The van der Waals surface area contributed by atoms with Crippen molar-refractivity contribution in [2.75, 3.05) is 0 Å². The molecule has 0 atom stereocenters. The molecule has 0 aromatic carbocycles. The average Bonchev–Trinajstić information content (AvgIpc) is 1.87. The van der Waals surface area contributed by atoms with Gasteiger partial charge in [-0.25, -0.2) is 0 Å². The summed E-state index contributed by atoms with van der Waals surface area (Å²) in [4.78, 5) is 10.4. The van der Waals surface area contributed by atoms with Crippen molar-refractivity contribution in [3.8, 4) is 0 Å². The van der Waals surface area contributed by atoms with Gasteiger partial charge in [-0.2, -0.15) is 0 Å². The molecule has 10 heavy (non-hydrogen) atoms. The molecule has 1 heteroatoms. The molecule has 0 saturated heterocycles. The lowest BCUT2D eigenvalue weighted by molar-refractivity contribution is -0.110. The van der Waals surface area contributed by atoms with E-state index in [1.165, 1.54) is 0 Å². The minimum Gasteiger partial charge on any atom is -0.303 e. The Morgan fingerprint density at radius 1 is 1.10 bits per heavy atom. The molecule has 0 heterocycles. The Morgan fingerprint density at radius 3 is 2.20 bits per heavy atom. The Labute approximate surface area is 61.4 Å². The molecule has 0 bridgehead atoms. The SMILES string of the molecule is O=CC1C/C=C\C/C=C\C1. The Kier molecular flexibility index (Phi) is 2.94. The molecule has 1 rings (SSSR count). The van der Waals surface area contributed by atoms with Crippen LogP contribution in [0.25, 0.3) is 0 Å². The number of rotatable bonds is 1. The minimum absolute atomic E-state index is 0.216. The Morgan fingerprint density at radius 2 is 1.70 bits per heavy atom. The summed E-state index contributed by atoms with van der Waals surface area (Å²) >= 11 is 0. The van der Waals surface area contributed by atoms with E-state index >= 15 is 0 Å². The van der Waals surface area contributed by atoms with Crippen molar-refractivity contribution < 1.29 is 4.79 Å². The van der Waals surface area contributed by atoms with E-state index in [2.05, 4.69) is 24.3 Å². The number of allylic oxidation sites excluding steroid dienone is 4. The third-order valence-corrected chi connectivity index (χ3v) is 1.68. The molecule has 1 nitrogen and oxygen atoms in total. The van der Waals surface area contributed by atoms with Crippen molar-refractivity contribution in [3.05, 3.63) is 24.3 Å². The summed E-state index contributed by atoms with van der Waals surface area (Å²) < 4.78 is 0. The summed E-state index contributed by atoms with van der Waals surface area (Å²) in [6.07, 6.45) is 12.3. The molecular formula is C9H12O. The van der Waals surface area contributed by atoms with E-state index < -0.39 is 0 Å². The van der Waals surface area contributed by atoms with Gasteiger partial charge in [0.1, 0.15) is 6.29 Å². The van der Waals surface area contributed by atoms with E-state index in [1.54, 1.807) is 0 Å². The zero-order chi connectivity index (χ0) is 7.23. The van der Waals surface area contributed by atoms with Crippen molar-refractivity contribution in [3.63, 3.8) is 0 Å². The topological polar surface area (TPSA) is 17.1 Å². The van der Waals surface area contributed by atoms with Crippen molar-refractivity contribution in [2.45, 2.75) is 19.3 Å². The molecular weight excluding hydrogens is 124 g/mol. The molecule has 0 N–H and O–H groups in total. The highest BCUT2D eigenvalue weighted by molar-refractivity contribution is 5.54. The molecule has 0 unspecified atom stereocenters. The quantitative estimate of drug-likeness (QED) is 0.398. The predicted octanol–water partition coefficient (Wildman–Crippen LogP) is 2.10. The second kappa shape index (κ2) is 4.04. The van der Waals surface area contributed by atoms with Gasteiger partial charge in [0.05, 0.1) is 0 Å². The van der Waals surface area contributed by atoms with Crippen LogP contribution in [-0.2, 0) is 4.79 Å². The maximum atomic E-state index is 10.4.